The standard InChI is InChI=1S/C16H23BrOS/c1-3-5-8-13(4-2)11-14(18)12-19-16-10-7-6-9-15(16)17/h6-7,9-10,13H,3-5,8,11-12H2,1-2H3. The molecule has 0 saturated carbocycles. The van der Waals surface area contributed by atoms with E-state index in [1.165, 1.54) is 19.3 Å². The van der Waals surface area contributed by atoms with Gasteiger partial charge in [-0.2, -0.15) is 0 Å². The van der Waals surface area contributed by atoms with Crippen LogP contribution >= 0.6 is 27.7 Å². The van der Waals surface area contributed by atoms with Gasteiger partial charge in [0.25, 0.3) is 0 Å². The van der Waals surface area contributed by atoms with Gasteiger partial charge in [-0.25, -0.2) is 0 Å². The summed E-state index contributed by atoms with van der Waals surface area (Å²) >= 11 is 5.15. The van der Waals surface area contributed by atoms with Gasteiger partial charge >= 0.3 is 0 Å². The Morgan fingerprint density at radius 3 is 2.68 bits per heavy atom. The van der Waals surface area contributed by atoms with Crippen LogP contribution in [0.5, 0.6) is 0 Å². The van der Waals surface area contributed by atoms with E-state index in [9.17, 15) is 4.79 Å². The molecule has 0 fully saturated rings. The zero-order valence-electron chi connectivity index (χ0n) is 11.8. The van der Waals surface area contributed by atoms with Gasteiger partial charge in [0.05, 0.1) is 5.75 Å². The van der Waals surface area contributed by atoms with Crippen LogP contribution in [-0.2, 0) is 4.79 Å². The monoisotopic (exact) mass is 342 g/mol. The molecule has 0 amide bonds. The maximum Gasteiger partial charge on any atom is 0.143 e. The molecule has 0 aliphatic carbocycles. The van der Waals surface area contributed by atoms with Crippen molar-refractivity contribution < 1.29 is 4.79 Å². The van der Waals surface area contributed by atoms with Crippen molar-refractivity contribution in [3.05, 3.63) is 28.7 Å². The van der Waals surface area contributed by atoms with Crippen LogP contribution in [0.2, 0.25) is 0 Å². The highest BCUT2D eigenvalue weighted by molar-refractivity contribution is 9.10. The predicted octanol–water partition coefficient (Wildman–Crippen LogP) is 5.72. The molecule has 1 unspecified atom stereocenters. The smallest absolute Gasteiger partial charge is 0.143 e. The lowest BCUT2D eigenvalue weighted by atomic mass is 9.94. The third kappa shape index (κ3) is 6.62. The van der Waals surface area contributed by atoms with Crippen molar-refractivity contribution in [1.82, 2.24) is 0 Å². The van der Waals surface area contributed by atoms with Crippen molar-refractivity contribution in [3.63, 3.8) is 0 Å². The minimum Gasteiger partial charge on any atom is -0.299 e. The van der Waals surface area contributed by atoms with Crippen LogP contribution in [0.15, 0.2) is 33.6 Å². The molecule has 0 saturated heterocycles. The van der Waals surface area contributed by atoms with E-state index in [1.807, 2.05) is 18.2 Å². The van der Waals surface area contributed by atoms with Gasteiger partial charge in [-0.15, -0.1) is 11.8 Å². The minimum absolute atomic E-state index is 0.378. The number of unbranched alkanes of at least 4 members (excludes halogenated alkanes) is 1. The molecule has 0 spiro atoms. The molecule has 0 bridgehead atoms. The Morgan fingerprint density at radius 2 is 2.05 bits per heavy atom. The normalized spacial score (nSPS) is 12.4. The number of halogens is 1. The van der Waals surface area contributed by atoms with Crippen molar-refractivity contribution in [2.24, 2.45) is 5.92 Å². The Bertz CT molecular complexity index is 392. The van der Waals surface area contributed by atoms with Gasteiger partial charge in [0.2, 0.25) is 0 Å². The highest BCUT2D eigenvalue weighted by Crippen LogP contribution is 2.28. The molecule has 0 aliphatic rings. The van der Waals surface area contributed by atoms with Crippen LogP contribution in [0.25, 0.3) is 0 Å². The molecular formula is C16H23BrOS. The van der Waals surface area contributed by atoms with Crippen LogP contribution in [0, 0.1) is 5.92 Å². The van der Waals surface area contributed by atoms with Crippen LogP contribution in [0.4, 0.5) is 0 Å². The second-order valence-electron chi connectivity index (χ2n) is 4.88. The molecule has 0 radical (unpaired) electrons. The summed E-state index contributed by atoms with van der Waals surface area (Å²) in [5.74, 6) is 1.54. The molecule has 1 aromatic carbocycles. The molecule has 0 aromatic heterocycles. The van der Waals surface area contributed by atoms with Crippen molar-refractivity contribution in [3.8, 4) is 0 Å². The number of rotatable bonds is 9. The SMILES string of the molecule is CCCCC(CC)CC(=O)CSc1ccccc1Br. The number of carbonyl (C=O) groups is 1. The Labute approximate surface area is 129 Å². The van der Waals surface area contributed by atoms with Gasteiger partial charge < -0.3 is 0 Å². The Morgan fingerprint density at radius 1 is 1.32 bits per heavy atom. The summed E-state index contributed by atoms with van der Waals surface area (Å²) in [6.07, 6.45) is 5.51. The maximum absolute atomic E-state index is 12.0. The number of benzene rings is 1. The van der Waals surface area contributed by atoms with Gasteiger partial charge in [-0.3, -0.25) is 4.79 Å². The van der Waals surface area contributed by atoms with Gasteiger partial charge in [-0.05, 0) is 34.0 Å². The average Bonchev–Trinajstić information content (AvgIpc) is 2.42. The van der Waals surface area contributed by atoms with Gasteiger partial charge in [0.15, 0.2) is 0 Å². The maximum atomic E-state index is 12.0. The molecule has 1 atom stereocenters. The first-order valence-corrected chi connectivity index (χ1v) is 8.84. The molecule has 3 heteroatoms. The molecule has 0 aliphatic heterocycles. The number of ketones is 1. The average molecular weight is 343 g/mol. The van der Waals surface area contributed by atoms with E-state index in [-0.39, 0.29) is 0 Å². The van der Waals surface area contributed by atoms with E-state index in [1.54, 1.807) is 11.8 Å². The fourth-order valence-electron chi connectivity index (χ4n) is 2.04. The largest absolute Gasteiger partial charge is 0.299 e. The highest BCUT2D eigenvalue weighted by Gasteiger charge is 2.12. The van der Waals surface area contributed by atoms with Crippen LogP contribution in [-0.4, -0.2) is 11.5 Å². The van der Waals surface area contributed by atoms with Crippen molar-refractivity contribution in [2.45, 2.75) is 50.8 Å². The van der Waals surface area contributed by atoms with Crippen molar-refractivity contribution >= 4 is 33.5 Å². The van der Waals surface area contributed by atoms with E-state index in [4.69, 9.17) is 0 Å². The lowest BCUT2D eigenvalue weighted by Gasteiger charge is -2.13. The first-order valence-electron chi connectivity index (χ1n) is 7.06. The van der Waals surface area contributed by atoms with E-state index < -0.39 is 0 Å². The Hall–Kier alpha value is -0.280. The lowest BCUT2D eigenvalue weighted by Crippen LogP contribution is -2.10. The van der Waals surface area contributed by atoms with Gasteiger partial charge in [-0.1, -0.05) is 51.7 Å². The van der Waals surface area contributed by atoms with Gasteiger partial charge in [0.1, 0.15) is 5.78 Å². The molecule has 1 aromatic rings. The van der Waals surface area contributed by atoms with E-state index in [2.05, 4.69) is 35.8 Å². The number of thioether (sulfide) groups is 1. The number of carbonyl (C=O) groups excluding carboxylic acids is 1. The Kier molecular flexibility index (Phi) is 8.47. The van der Waals surface area contributed by atoms with Crippen LogP contribution in [0.3, 0.4) is 0 Å². The second kappa shape index (κ2) is 9.60. The predicted molar refractivity (Wildman–Crippen MR) is 87.8 cm³/mol. The molecule has 1 rings (SSSR count). The quantitative estimate of drug-likeness (QED) is 0.534. The van der Waals surface area contributed by atoms with E-state index >= 15 is 0 Å². The Balaban J connectivity index is 2.36. The molecule has 19 heavy (non-hydrogen) atoms. The van der Waals surface area contributed by atoms with Crippen LogP contribution < -0.4 is 0 Å². The fourth-order valence-corrected chi connectivity index (χ4v) is 3.49. The summed E-state index contributed by atoms with van der Waals surface area (Å²) in [6.45, 7) is 4.39. The summed E-state index contributed by atoms with van der Waals surface area (Å²) in [6, 6.07) is 8.07. The second-order valence-corrected chi connectivity index (χ2v) is 6.75. The molecule has 106 valence electrons. The minimum atomic E-state index is 0.378. The molecule has 0 N–H and O–H groups in total. The summed E-state index contributed by atoms with van der Waals surface area (Å²) < 4.78 is 1.07. The summed E-state index contributed by atoms with van der Waals surface area (Å²) in [7, 11) is 0. The van der Waals surface area contributed by atoms with Gasteiger partial charge in [0, 0.05) is 15.8 Å². The number of hydrogen-bond donors (Lipinski definition) is 0. The van der Waals surface area contributed by atoms with Crippen LogP contribution in [0.1, 0.15) is 46.0 Å². The highest BCUT2D eigenvalue weighted by atomic mass is 79.9. The molecule has 0 heterocycles. The molecule has 1 nitrogen and oxygen atoms in total. The topological polar surface area (TPSA) is 17.1 Å². The zero-order valence-corrected chi connectivity index (χ0v) is 14.2. The van der Waals surface area contributed by atoms with E-state index in [0.29, 0.717) is 17.5 Å². The zero-order chi connectivity index (χ0) is 14.1. The number of Topliss-reactive ketones (excluding diaryl/α,β-unsaturated/α-hetero) is 1. The third-order valence-corrected chi connectivity index (χ3v) is 5.37. The summed E-state index contributed by atoms with van der Waals surface area (Å²) in [5.41, 5.74) is 0. The van der Waals surface area contributed by atoms with Crippen molar-refractivity contribution in [1.29, 1.82) is 0 Å². The van der Waals surface area contributed by atoms with E-state index in [0.717, 1.165) is 22.2 Å². The third-order valence-electron chi connectivity index (χ3n) is 3.28. The lowest BCUT2D eigenvalue weighted by molar-refractivity contribution is -0.117. The summed E-state index contributed by atoms with van der Waals surface area (Å²) in [5, 5.41) is 0. The first kappa shape index (κ1) is 16.8. The fraction of sp³-hybridized carbons (Fsp3) is 0.562. The van der Waals surface area contributed by atoms with Crippen molar-refractivity contribution in [2.75, 3.05) is 5.75 Å². The first-order chi connectivity index (χ1) is 9.17. The molecular weight excluding hydrogens is 320 g/mol. The number of hydrogen-bond acceptors (Lipinski definition) is 2. The summed E-state index contributed by atoms with van der Waals surface area (Å²) in [4.78, 5) is 13.2.